The third-order valence-electron chi connectivity index (χ3n) is 4.01. The van der Waals surface area contributed by atoms with Crippen molar-refractivity contribution in [2.45, 2.75) is 18.6 Å². The van der Waals surface area contributed by atoms with Gasteiger partial charge in [0.25, 0.3) is 5.91 Å². The van der Waals surface area contributed by atoms with Gasteiger partial charge in [0, 0.05) is 37.3 Å². The van der Waals surface area contributed by atoms with Crippen molar-refractivity contribution >= 4 is 17.3 Å². The minimum Gasteiger partial charge on any atom is -0.398 e. The molecular formula is C14H19N3O3. The van der Waals surface area contributed by atoms with E-state index in [0.29, 0.717) is 24.5 Å². The standard InChI is InChI=1S/C14H19N3O3/c15-12-2-1-10(9-11(12)13(16)18)17-5-3-14(4-6-17)19-7-8-20-14/h1-2,9H,3-8,15H2,(H2,16,18). The van der Waals surface area contributed by atoms with Gasteiger partial charge in [0.1, 0.15) is 0 Å². The van der Waals surface area contributed by atoms with Crippen molar-refractivity contribution in [1.29, 1.82) is 0 Å². The van der Waals surface area contributed by atoms with Gasteiger partial charge in [-0.3, -0.25) is 4.79 Å². The number of benzene rings is 1. The molecule has 0 radical (unpaired) electrons. The van der Waals surface area contributed by atoms with E-state index in [0.717, 1.165) is 31.6 Å². The summed E-state index contributed by atoms with van der Waals surface area (Å²) in [7, 11) is 0. The fraction of sp³-hybridized carbons (Fsp3) is 0.500. The zero-order valence-electron chi connectivity index (χ0n) is 11.3. The van der Waals surface area contributed by atoms with Crippen LogP contribution in [0.3, 0.4) is 0 Å². The Morgan fingerprint density at radius 1 is 1.20 bits per heavy atom. The highest BCUT2D eigenvalue weighted by molar-refractivity contribution is 5.99. The number of nitrogens with two attached hydrogens (primary N) is 2. The smallest absolute Gasteiger partial charge is 0.250 e. The van der Waals surface area contributed by atoms with Crippen LogP contribution in [-0.2, 0) is 9.47 Å². The summed E-state index contributed by atoms with van der Waals surface area (Å²) >= 11 is 0. The van der Waals surface area contributed by atoms with Gasteiger partial charge >= 0.3 is 0 Å². The summed E-state index contributed by atoms with van der Waals surface area (Å²) in [5.74, 6) is -0.892. The molecule has 1 amide bonds. The largest absolute Gasteiger partial charge is 0.398 e. The summed E-state index contributed by atoms with van der Waals surface area (Å²) in [6.07, 6.45) is 1.65. The van der Waals surface area contributed by atoms with Crippen LogP contribution < -0.4 is 16.4 Å². The first-order valence-corrected chi connectivity index (χ1v) is 6.82. The Kier molecular flexibility index (Phi) is 3.27. The highest BCUT2D eigenvalue weighted by Gasteiger charge is 2.39. The van der Waals surface area contributed by atoms with Crippen LogP contribution in [0.25, 0.3) is 0 Å². The third kappa shape index (κ3) is 2.32. The van der Waals surface area contributed by atoms with E-state index in [1.165, 1.54) is 0 Å². The second kappa shape index (κ2) is 4.96. The first-order valence-electron chi connectivity index (χ1n) is 6.82. The molecule has 2 fully saturated rings. The van der Waals surface area contributed by atoms with Crippen LogP contribution in [0, 0.1) is 0 Å². The molecule has 108 valence electrons. The van der Waals surface area contributed by atoms with Crippen molar-refractivity contribution in [2.75, 3.05) is 36.9 Å². The molecule has 0 aromatic heterocycles. The molecule has 4 N–H and O–H groups in total. The lowest BCUT2D eigenvalue weighted by Gasteiger charge is -2.38. The maximum Gasteiger partial charge on any atom is 0.250 e. The zero-order chi connectivity index (χ0) is 14.2. The fourth-order valence-corrected chi connectivity index (χ4v) is 2.85. The summed E-state index contributed by atoms with van der Waals surface area (Å²) in [6.45, 7) is 2.99. The molecule has 0 aliphatic carbocycles. The van der Waals surface area contributed by atoms with Crippen molar-refractivity contribution in [2.24, 2.45) is 5.73 Å². The highest BCUT2D eigenvalue weighted by atomic mass is 16.7. The van der Waals surface area contributed by atoms with E-state index in [9.17, 15) is 4.79 Å². The van der Waals surface area contributed by atoms with Crippen LogP contribution in [0.5, 0.6) is 0 Å². The maximum absolute atomic E-state index is 11.3. The monoisotopic (exact) mass is 277 g/mol. The van der Waals surface area contributed by atoms with E-state index in [1.807, 2.05) is 6.07 Å². The van der Waals surface area contributed by atoms with Gasteiger partial charge in [-0.1, -0.05) is 0 Å². The number of nitrogens with zero attached hydrogens (tertiary/aromatic N) is 1. The third-order valence-corrected chi connectivity index (χ3v) is 4.01. The van der Waals surface area contributed by atoms with E-state index in [2.05, 4.69) is 4.90 Å². The van der Waals surface area contributed by atoms with Gasteiger partial charge in [-0.25, -0.2) is 0 Å². The molecule has 2 aliphatic heterocycles. The van der Waals surface area contributed by atoms with Gasteiger partial charge in [-0.05, 0) is 18.2 Å². The summed E-state index contributed by atoms with van der Waals surface area (Å²) in [5.41, 5.74) is 12.8. The highest BCUT2D eigenvalue weighted by Crippen LogP contribution is 2.33. The summed E-state index contributed by atoms with van der Waals surface area (Å²) in [5, 5.41) is 0. The fourth-order valence-electron chi connectivity index (χ4n) is 2.85. The van der Waals surface area contributed by atoms with Crippen LogP contribution in [-0.4, -0.2) is 38.0 Å². The Morgan fingerprint density at radius 2 is 1.85 bits per heavy atom. The van der Waals surface area contributed by atoms with Gasteiger partial charge < -0.3 is 25.8 Å². The Hall–Kier alpha value is -1.79. The van der Waals surface area contributed by atoms with Crippen molar-refractivity contribution in [3.63, 3.8) is 0 Å². The van der Waals surface area contributed by atoms with Gasteiger partial charge in [-0.15, -0.1) is 0 Å². The number of nitrogen functional groups attached to an aromatic ring is 1. The van der Waals surface area contributed by atoms with Gasteiger partial charge in [-0.2, -0.15) is 0 Å². The molecule has 1 spiro atoms. The van der Waals surface area contributed by atoms with Crippen molar-refractivity contribution in [3.8, 4) is 0 Å². The molecule has 2 saturated heterocycles. The molecule has 1 aromatic rings. The molecule has 0 saturated carbocycles. The number of ether oxygens (including phenoxy) is 2. The average Bonchev–Trinajstić information content (AvgIpc) is 2.88. The molecule has 0 atom stereocenters. The van der Waals surface area contributed by atoms with E-state index in [-0.39, 0.29) is 0 Å². The Balaban J connectivity index is 1.75. The van der Waals surface area contributed by atoms with Gasteiger partial charge in [0.15, 0.2) is 5.79 Å². The quantitative estimate of drug-likeness (QED) is 0.777. The normalized spacial score (nSPS) is 21.3. The molecule has 20 heavy (non-hydrogen) atoms. The van der Waals surface area contributed by atoms with Crippen molar-refractivity contribution in [3.05, 3.63) is 23.8 Å². The molecule has 0 bridgehead atoms. The predicted molar refractivity (Wildman–Crippen MR) is 75.5 cm³/mol. The second-order valence-electron chi connectivity index (χ2n) is 5.23. The number of primary amides is 1. The van der Waals surface area contributed by atoms with Crippen LogP contribution in [0.15, 0.2) is 18.2 Å². The predicted octanol–water partition coefficient (Wildman–Crippen LogP) is 0.711. The lowest BCUT2D eigenvalue weighted by atomic mass is 10.0. The Morgan fingerprint density at radius 3 is 2.45 bits per heavy atom. The Labute approximate surface area is 117 Å². The van der Waals surface area contributed by atoms with E-state index < -0.39 is 11.7 Å². The number of carbonyl (C=O) groups is 1. The average molecular weight is 277 g/mol. The van der Waals surface area contributed by atoms with E-state index in [1.54, 1.807) is 12.1 Å². The number of hydrogen-bond acceptors (Lipinski definition) is 5. The minimum atomic E-state index is -0.500. The molecule has 6 nitrogen and oxygen atoms in total. The summed E-state index contributed by atoms with van der Waals surface area (Å²) < 4.78 is 11.4. The summed E-state index contributed by atoms with van der Waals surface area (Å²) in [6, 6.07) is 5.39. The van der Waals surface area contributed by atoms with Crippen molar-refractivity contribution < 1.29 is 14.3 Å². The molecule has 2 aliphatic rings. The number of amides is 1. The summed E-state index contributed by atoms with van der Waals surface area (Å²) in [4.78, 5) is 13.5. The van der Waals surface area contributed by atoms with E-state index >= 15 is 0 Å². The molecular weight excluding hydrogens is 258 g/mol. The lowest BCUT2D eigenvalue weighted by molar-refractivity contribution is -0.169. The number of rotatable bonds is 2. The van der Waals surface area contributed by atoms with Crippen LogP contribution in [0.2, 0.25) is 0 Å². The SMILES string of the molecule is NC(=O)c1cc(N2CCC3(CC2)OCCO3)ccc1N. The van der Waals surface area contributed by atoms with Gasteiger partial charge in [0.2, 0.25) is 0 Å². The Bertz CT molecular complexity index is 516. The first-order chi connectivity index (χ1) is 9.60. The number of anilines is 2. The minimum absolute atomic E-state index is 0.371. The lowest BCUT2D eigenvalue weighted by Crippen LogP contribution is -2.45. The van der Waals surface area contributed by atoms with Crippen LogP contribution in [0.4, 0.5) is 11.4 Å². The number of hydrogen-bond donors (Lipinski definition) is 2. The molecule has 6 heteroatoms. The van der Waals surface area contributed by atoms with Crippen molar-refractivity contribution in [1.82, 2.24) is 0 Å². The zero-order valence-corrected chi connectivity index (χ0v) is 11.3. The molecule has 0 unspecified atom stereocenters. The molecule has 1 aromatic carbocycles. The van der Waals surface area contributed by atoms with Gasteiger partial charge in [0.05, 0.1) is 18.8 Å². The second-order valence-corrected chi connectivity index (χ2v) is 5.23. The van der Waals surface area contributed by atoms with Crippen LogP contribution >= 0.6 is 0 Å². The first kappa shape index (κ1) is 13.2. The number of piperidine rings is 1. The van der Waals surface area contributed by atoms with Crippen LogP contribution in [0.1, 0.15) is 23.2 Å². The topological polar surface area (TPSA) is 90.8 Å². The number of carbonyl (C=O) groups excluding carboxylic acids is 1. The molecule has 2 heterocycles. The van der Waals surface area contributed by atoms with E-state index in [4.69, 9.17) is 20.9 Å². The molecule has 3 rings (SSSR count). The maximum atomic E-state index is 11.3.